The maximum atomic E-state index is 4.34. The first-order valence-electron chi connectivity index (χ1n) is 5.95. The summed E-state index contributed by atoms with van der Waals surface area (Å²) in [5.74, 6) is 2.46. The number of pyridine rings is 1. The smallest absolute Gasteiger partial charge is 0.109 e. The van der Waals surface area contributed by atoms with E-state index in [1.54, 1.807) is 0 Å². The molecule has 0 aliphatic carbocycles. The number of anilines is 1. The van der Waals surface area contributed by atoms with Crippen molar-refractivity contribution in [1.29, 1.82) is 0 Å². The Hall–Kier alpha value is -0.220. The molecule has 0 aromatic carbocycles. The van der Waals surface area contributed by atoms with Crippen LogP contribution in [0.4, 0.5) is 5.69 Å². The van der Waals surface area contributed by atoms with Crippen LogP contribution in [-0.4, -0.2) is 22.5 Å². The van der Waals surface area contributed by atoms with Gasteiger partial charge in [-0.3, -0.25) is 0 Å². The molecule has 1 N–H and O–H groups in total. The van der Waals surface area contributed by atoms with E-state index in [1.807, 2.05) is 18.0 Å². The van der Waals surface area contributed by atoms with Gasteiger partial charge in [0.05, 0.1) is 11.9 Å². The minimum Gasteiger partial charge on any atom is -0.380 e. The van der Waals surface area contributed by atoms with E-state index in [0.29, 0.717) is 11.5 Å². The van der Waals surface area contributed by atoms with Crippen molar-refractivity contribution >= 4 is 33.4 Å². The van der Waals surface area contributed by atoms with Crippen molar-refractivity contribution in [2.24, 2.45) is 5.41 Å². The maximum Gasteiger partial charge on any atom is 0.109 e. The third-order valence-corrected chi connectivity index (χ3v) is 5.37. The van der Waals surface area contributed by atoms with Gasteiger partial charge in [0.15, 0.2) is 0 Å². The van der Waals surface area contributed by atoms with Crippen LogP contribution in [0.5, 0.6) is 0 Å². The fourth-order valence-electron chi connectivity index (χ4n) is 2.01. The van der Waals surface area contributed by atoms with E-state index in [4.69, 9.17) is 0 Å². The minimum absolute atomic E-state index is 0.367. The fraction of sp³-hybridized carbons (Fsp3) is 0.615. The second-order valence-electron chi connectivity index (χ2n) is 5.34. The summed E-state index contributed by atoms with van der Waals surface area (Å²) in [4.78, 5) is 4.34. The molecule has 1 unspecified atom stereocenters. The summed E-state index contributed by atoms with van der Waals surface area (Å²) >= 11 is 5.47. The summed E-state index contributed by atoms with van der Waals surface area (Å²) in [6.07, 6.45) is 3.19. The molecule has 0 radical (unpaired) electrons. The molecule has 94 valence electrons. The number of nitrogens with one attached hydrogen (secondary N) is 1. The Kier molecular flexibility index (Phi) is 4.03. The summed E-state index contributed by atoms with van der Waals surface area (Å²) in [5.41, 5.74) is 2.68. The van der Waals surface area contributed by atoms with Gasteiger partial charge in [0.25, 0.3) is 0 Å². The zero-order valence-corrected chi connectivity index (χ0v) is 13.0. The molecule has 1 aromatic heterocycles. The highest BCUT2D eigenvalue weighted by atomic mass is 79.9. The Morgan fingerprint density at radius 2 is 2.29 bits per heavy atom. The van der Waals surface area contributed by atoms with Crippen molar-refractivity contribution in [3.05, 3.63) is 22.4 Å². The highest BCUT2D eigenvalue weighted by Crippen LogP contribution is 2.36. The first-order chi connectivity index (χ1) is 7.99. The largest absolute Gasteiger partial charge is 0.380 e. The summed E-state index contributed by atoms with van der Waals surface area (Å²) in [7, 11) is 0. The molecule has 0 amide bonds. The molecule has 1 atom stereocenters. The number of nitrogens with zero attached hydrogens (tertiary/aromatic N) is 1. The SMILES string of the molecule is Cc1cc(NC2CSCCC2(C)C)cnc1Br. The minimum atomic E-state index is 0.367. The molecule has 0 bridgehead atoms. The van der Waals surface area contributed by atoms with Crippen LogP contribution in [0.3, 0.4) is 0 Å². The van der Waals surface area contributed by atoms with Gasteiger partial charge in [0.2, 0.25) is 0 Å². The maximum absolute atomic E-state index is 4.34. The van der Waals surface area contributed by atoms with Crippen molar-refractivity contribution in [1.82, 2.24) is 4.98 Å². The molecule has 1 fully saturated rings. The average Bonchev–Trinajstić information content (AvgIpc) is 2.26. The van der Waals surface area contributed by atoms with E-state index >= 15 is 0 Å². The third kappa shape index (κ3) is 3.16. The lowest BCUT2D eigenvalue weighted by Crippen LogP contribution is -2.41. The van der Waals surface area contributed by atoms with Gasteiger partial charge in [-0.1, -0.05) is 13.8 Å². The van der Waals surface area contributed by atoms with Gasteiger partial charge >= 0.3 is 0 Å². The van der Waals surface area contributed by atoms with E-state index < -0.39 is 0 Å². The van der Waals surface area contributed by atoms with Crippen LogP contribution in [0.1, 0.15) is 25.8 Å². The number of rotatable bonds is 2. The monoisotopic (exact) mass is 314 g/mol. The molecule has 2 rings (SSSR count). The van der Waals surface area contributed by atoms with Gasteiger partial charge < -0.3 is 5.32 Å². The number of halogens is 1. The zero-order valence-electron chi connectivity index (χ0n) is 10.6. The second-order valence-corrected chi connectivity index (χ2v) is 7.24. The first kappa shape index (κ1) is 13.2. The van der Waals surface area contributed by atoms with Crippen LogP contribution >= 0.6 is 27.7 Å². The molecule has 1 aliphatic rings. The standard InChI is InChI=1S/C13H19BrN2S/c1-9-6-10(7-15-12(9)14)16-11-8-17-5-4-13(11,2)3/h6-7,11,16H,4-5,8H2,1-3H3. The Labute approximate surface area is 116 Å². The third-order valence-electron chi connectivity index (χ3n) is 3.47. The molecule has 1 aromatic rings. The Bertz CT molecular complexity index is 406. The number of hydrogen-bond donors (Lipinski definition) is 1. The molecule has 0 spiro atoms. The number of thioether (sulfide) groups is 1. The quantitative estimate of drug-likeness (QED) is 0.832. The van der Waals surface area contributed by atoms with E-state index in [0.717, 1.165) is 10.3 Å². The van der Waals surface area contributed by atoms with Crippen molar-refractivity contribution in [3.8, 4) is 0 Å². The van der Waals surface area contributed by atoms with Crippen molar-refractivity contribution < 1.29 is 0 Å². The Morgan fingerprint density at radius 3 is 2.94 bits per heavy atom. The van der Waals surface area contributed by atoms with Crippen LogP contribution in [0, 0.1) is 12.3 Å². The van der Waals surface area contributed by atoms with Gasteiger partial charge in [-0.25, -0.2) is 4.98 Å². The first-order valence-corrected chi connectivity index (χ1v) is 7.90. The van der Waals surface area contributed by atoms with Gasteiger partial charge in [0.1, 0.15) is 4.60 Å². The second kappa shape index (κ2) is 5.19. The van der Waals surface area contributed by atoms with Gasteiger partial charge in [0, 0.05) is 11.8 Å². The van der Waals surface area contributed by atoms with E-state index in [1.165, 1.54) is 23.5 Å². The predicted molar refractivity (Wildman–Crippen MR) is 79.8 cm³/mol. The van der Waals surface area contributed by atoms with Gasteiger partial charge in [-0.2, -0.15) is 11.8 Å². The lowest BCUT2D eigenvalue weighted by atomic mass is 9.82. The topological polar surface area (TPSA) is 24.9 Å². The van der Waals surface area contributed by atoms with E-state index in [-0.39, 0.29) is 0 Å². The van der Waals surface area contributed by atoms with E-state index in [2.05, 4.69) is 53.1 Å². The highest BCUT2D eigenvalue weighted by Gasteiger charge is 2.32. The predicted octanol–water partition coefficient (Wildman–Crippen LogP) is 4.10. The Morgan fingerprint density at radius 1 is 1.53 bits per heavy atom. The number of hydrogen-bond acceptors (Lipinski definition) is 3. The van der Waals surface area contributed by atoms with Crippen molar-refractivity contribution in [3.63, 3.8) is 0 Å². The van der Waals surface area contributed by atoms with Crippen LogP contribution in [0.25, 0.3) is 0 Å². The molecule has 2 heterocycles. The van der Waals surface area contributed by atoms with Crippen LogP contribution in [0.15, 0.2) is 16.9 Å². The summed E-state index contributed by atoms with van der Waals surface area (Å²) in [6, 6.07) is 2.69. The molecule has 2 nitrogen and oxygen atoms in total. The molecule has 1 saturated heterocycles. The van der Waals surface area contributed by atoms with Crippen LogP contribution in [-0.2, 0) is 0 Å². The molecular formula is C13H19BrN2S. The zero-order chi connectivity index (χ0) is 12.5. The summed E-state index contributed by atoms with van der Waals surface area (Å²) in [5, 5.41) is 3.64. The highest BCUT2D eigenvalue weighted by molar-refractivity contribution is 9.10. The Balaban J connectivity index is 2.11. The van der Waals surface area contributed by atoms with E-state index in [9.17, 15) is 0 Å². The fourth-order valence-corrected chi connectivity index (χ4v) is 3.84. The number of aromatic nitrogens is 1. The van der Waals surface area contributed by atoms with Crippen LogP contribution < -0.4 is 5.32 Å². The summed E-state index contributed by atoms with van der Waals surface area (Å²) in [6.45, 7) is 6.77. The lowest BCUT2D eigenvalue weighted by molar-refractivity contribution is 0.305. The van der Waals surface area contributed by atoms with Crippen LogP contribution in [0.2, 0.25) is 0 Å². The number of aryl methyl sites for hydroxylation is 1. The molecule has 4 heteroatoms. The van der Waals surface area contributed by atoms with Gasteiger partial charge in [-0.15, -0.1) is 0 Å². The molecular weight excluding hydrogens is 296 g/mol. The van der Waals surface area contributed by atoms with Crippen molar-refractivity contribution in [2.75, 3.05) is 16.8 Å². The molecule has 0 saturated carbocycles. The normalized spacial score (nSPS) is 23.4. The van der Waals surface area contributed by atoms with Gasteiger partial charge in [-0.05, 0) is 52.1 Å². The summed E-state index contributed by atoms with van der Waals surface area (Å²) < 4.78 is 0.931. The lowest BCUT2D eigenvalue weighted by Gasteiger charge is -2.39. The average molecular weight is 315 g/mol. The van der Waals surface area contributed by atoms with Crippen molar-refractivity contribution in [2.45, 2.75) is 33.2 Å². The molecule has 1 aliphatic heterocycles. The molecule has 17 heavy (non-hydrogen) atoms.